The van der Waals surface area contributed by atoms with E-state index in [1.807, 2.05) is 36.4 Å². The average Bonchev–Trinajstić information content (AvgIpc) is 3.00. The van der Waals surface area contributed by atoms with Crippen molar-refractivity contribution < 1.29 is 4.74 Å². The van der Waals surface area contributed by atoms with E-state index in [9.17, 15) is 0 Å². The number of benzene rings is 2. The number of aromatic nitrogens is 2. The number of imidazole rings is 1. The molecular weight excluding hydrogens is 286 g/mol. The summed E-state index contributed by atoms with van der Waals surface area (Å²) in [6.45, 7) is 2.91. The molecule has 1 aliphatic heterocycles. The Morgan fingerprint density at radius 3 is 2.57 bits per heavy atom. The second-order valence-corrected chi connectivity index (χ2v) is 6.06. The zero-order valence-corrected chi connectivity index (χ0v) is 13.1. The van der Waals surface area contributed by atoms with Crippen molar-refractivity contribution in [1.29, 1.82) is 0 Å². The van der Waals surface area contributed by atoms with Gasteiger partial charge in [-0.1, -0.05) is 30.3 Å². The highest BCUT2D eigenvalue weighted by molar-refractivity contribution is 5.79. The Bertz CT molecular complexity index is 776. The second-order valence-electron chi connectivity index (χ2n) is 6.06. The van der Waals surface area contributed by atoms with Crippen LogP contribution in [0.15, 0.2) is 54.6 Å². The number of nitrogens with zero attached hydrogens (tertiary/aromatic N) is 2. The molecule has 3 aromatic rings. The van der Waals surface area contributed by atoms with Gasteiger partial charge in [-0.25, -0.2) is 0 Å². The van der Waals surface area contributed by atoms with Crippen LogP contribution in [0.1, 0.15) is 12.8 Å². The van der Waals surface area contributed by atoms with E-state index >= 15 is 0 Å². The lowest BCUT2D eigenvalue weighted by molar-refractivity contribution is 0.200. The van der Waals surface area contributed by atoms with Crippen molar-refractivity contribution in [3.05, 3.63) is 54.6 Å². The van der Waals surface area contributed by atoms with Crippen LogP contribution in [0.2, 0.25) is 0 Å². The molecule has 0 atom stereocenters. The van der Waals surface area contributed by atoms with E-state index in [4.69, 9.17) is 9.72 Å². The Labute approximate surface area is 136 Å². The molecule has 0 radical (unpaired) electrons. The summed E-state index contributed by atoms with van der Waals surface area (Å²) in [4.78, 5) is 4.70. The minimum absolute atomic E-state index is 0.611. The van der Waals surface area contributed by atoms with Crippen LogP contribution >= 0.6 is 0 Å². The molecule has 1 aromatic heterocycles. The summed E-state index contributed by atoms with van der Waals surface area (Å²) in [6, 6.07) is 19.2. The maximum Gasteiger partial charge on any atom is 0.302 e. The Morgan fingerprint density at radius 2 is 1.74 bits per heavy atom. The minimum atomic E-state index is 0.611. The highest BCUT2D eigenvalue weighted by atomic mass is 16.5. The smallest absolute Gasteiger partial charge is 0.302 e. The largest absolute Gasteiger partial charge is 0.464 e. The number of para-hydroxylation sites is 3. The molecule has 4 heteroatoms. The van der Waals surface area contributed by atoms with Crippen molar-refractivity contribution >= 4 is 11.0 Å². The van der Waals surface area contributed by atoms with Crippen LogP contribution in [0.25, 0.3) is 16.7 Å². The van der Waals surface area contributed by atoms with Gasteiger partial charge in [-0.2, -0.15) is 4.98 Å². The quantitative estimate of drug-likeness (QED) is 0.803. The molecule has 1 saturated heterocycles. The van der Waals surface area contributed by atoms with Crippen molar-refractivity contribution in [2.75, 3.05) is 19.7 Å². The van der Waals surface area contributed by atoms with E-state index < -0.39 is 0 Å². The third kappa shape index (κ3) is 2.94. The van der Waals surface area contributed by atoms with Crippen molar-refractivity contribution in [1.82, 2.24) is 14.9 Å². The van der Waals surface area contributed by atoms with E-state index in [2.05, 4.69) is 28.1 Å². The van der Waals surface area contributed by atoms with Crippen LogP contribution < -0.4 is 10.1 Å². The number of fused-ring (bicyclic) bond motifs is 1. The fourth-order valence-corrected chi connectivity index (χ4v) is 3.17. The summed E-state index contributed by atoms with van der Waals surface area (Å²) in [6.07, 6.45) is 2.34. The molecule has 4 nitrogen and oxygen atoms in total. The summed E-state index contributed by atoms with van der Waals surface area (Å²) in [7, 11) is 0. The molecule has 0 unspecified atom stereocenters. The second kappa shape index (κ2) is 6.42. The summed E-state index contributed by atoms with van der Waals surface area (Å²) in [5.74, 6) is 0.611. The van der Waals surface area contributed by atoms with Gasteiger partial charge in [-0.3, -0.25) is 4.57 Å². The highest BCUT2D eigenvalue weighted by Crippen LogP contribution is 2.26. The number of rotatable bonds is 4. The predicted octanol–water partition coefficient (Wildman–Crippen LogP) is 3.40. The number of hydrogen-bond acceptors (Lipinski definition) is 3. The van der Waals surface area contributed by atoms with Gasteiger partial charge in [0, 0.05) is 0 Å². The molecule has 118 valence electrons. The normalized spacial score (nSPS) is 15.8. The van der Waals surface area contributed by atoms with E-state index in [0.717, 1.165) is 36.4 Å². The molecule has 0 aliphatic carbocycles. The van der Waals surface area contributed by atoms with Gasteiger partial charge in [0.15, 0.2) is 0 Å². The number of ether oxygens (including phenoxy) is 1. The van der Waals surface area contributed by atoms with E-state index in [0.29, 0.717) is 11.9 Å². The lowest BCUT2D eigenvalue weighted by Gasteiger charge is -2.22. The average molecular weight is 307 g/mol. The monoisotopic (exact) mass is 307 g/mol. The zero-order valence-electron chi connectivity index (χ0n) is 13.1. The van der Waals surface area contributed by atoms with Gasteiger partial charge in [0.2, 0.25) is 0 Å². The van der Waals surface area contributed by atoms with Crippen molar-refractivity contribution in [2.24, 2.45) is 5.92 Å². The van der Waals surface area contributed by atoms with Crippen LogP contribution in [-0.2, 0) is 0 Å². The van der Waals surface area contributed by atoms with Gasteiger partial charge < -0.3 is 10.1 Å². The first-order valence-electron chi connectivity index (χ1n) is 8.28. The highest BCUT2D eigenvalue weighted by Gasteiger charge is 2.17. The van der Waals surface area contributed by atoms with Gasteiger partial charge in [-0.05, 0) is 56.1 Å². The van der Waals surface area contributed by atoms with Crippen molar-refractivity contribution in [2.45, 2.75) is 12.8 Å². The summed E-state index contributed by atoms with van der Waals surface area (Å²) < 4.78 is 8.25. The zero-order chi connectivity index (χ0) is 15.5. The first-order chi connectivity index (χ1) is 11.4. The molecular formula is C19H21N3O. The number of nitrogens with one attached hydrogen (secondary N) is 1. The van der Waals surface area contributed by atoms with Crippen LogP contribution in [0.5, 0.6) is 6.01 Å². The van der Waals surface area contributed by atoms with Gasteiger partial charge in [0.1, 0.15) is 0 Å². The van der Waals surface area contributed by atoms with Gasteiger partial charge in [0.25, 0.3) is 0 Å². The lowest BCUT2D eigenvalue weighted by Crippen LogP contribution is -2.30. The maximum atomic E-state index is 6.14. The van der Waals surface area contributed by atoms with Crippen molar-refractivity contribution in [3.8, 4) is 11.7 Å². The van der Waals surface area contributed by atoms with Gasteiger partial charge in [-0.15, -0.1) is 0 Å². The van der Waals surface area contributed by atoms with Crippen LogP contribution in [0, 0.1) is 5.92 Å². The summed E-state index contributed by atoms with van der Waals surface area (Å²) >= 11 is 0. The summed E-state index contributed by atoms with van der Waals surface area (Å²) in [5.41, 5.74) is 3.14. The van der Waals surface area contributed by atoms with E-state index in [-0.39, 0.29) is 0 Å². The summed E-state index contributed by atoms with van der Waals surface area (Å²) in [5, 5.41) is 3.40. The fourth-order valence-electron chi connectivity index (χ4n) is 3.17. The van der Waals surface area contributed by atoms with E-state index in [1.54, 1.807) is 0 Å². The van der Waals surface area contributed by atoms with E-state index in [1.165, 1.54) is 12.8 Å². The SMILES string of the molecule is c1ccc(-n2c(OCC3CCNCC3)nc3ccccc32)cc1. The molecule has 0 bridgehead atoms. The first-order valence-corrected chi connectivity index (χ1v) is 8.28. The molecule has 1 N–H and O–H groups in total. The molecule has 0 saturated carbocycles. The van der Waals surface area contributed by atoms with Crippen LogP contribution in [0.4, 0.5) is 0 Å². The Kier molecular flexibility index (Phi) is 3.99. The molecule has 2 aromatic carbocycles. The third-order valence-corrected chi connectivity index (χ3v) is 4.45. The standard InChI is InChI=1S/C19H21N3O/c1-2-6-16(7-3-1)22-18-9-5-4-8-17(18)21-19(22)23-14-15-10-12-20-13-11-15/h1-9,15,20H,10-14H2. The lowest BCUT2D eigenvalue weighted by atomic mass is 9.99. The van der Waals surface area contributed by atoms with Crippen LogP contribution in [0.3, 0.4) is 0 Å². The molecule has 4 rings (SSSR count). The maximum absolute atomic E-state index is 6.14. The molecule has 23 heavy (non-hydrogen) atoms. The first kappa shape index (κ1) is 14.3. The van der Waals surface area contributed by atoms with Crippen molar-refractivity contribution in [3.63, 3.8) is 0 Å². The fraction of sp³-hybridized carbons (Fsp3) is 0.316. The Hall–Kier alpha value is -2.33. The Morgan fingerprint density at radius 1 is 1.00 bits per heavy atom. The third-order valence-electron chi connectivity index (χ3n) is 4.45. The predicted molar refractivity (Wildman–Crippen MR) is 92.2 cm³/mol. The Balaban J connectivity index is 1.67. The molecule has 1 fully saturated rings. The number of piperidine rings is 1. The molecule has 0 amide bonds. The number of hydrogen-bond donors (Lipinski definition) is 1. The van der Waals surface area contributed by atoms with Gasteiger partial charge >= 0.3 is 6.01 Å². The molecule has 2 heterocycles. The topological polar surface area (TPSA) is 39.1 Å². The minimum Gasteiger partial charge on any atom is -0.464 e. The molecule has 1 aliphatic rings. The van der Waals surface area contributed by atoms with Crippen LogP contribution in [-0.4, -0.2) is 29.2 Å². The van der Waals surface area contributed by atoms with Gasteiger partial charge in [0.05, 0.1) is 23.3 Å². The molecule has 0 spiro atoms.